The number of nitrogens with one attached hydrogen (secondary N) is 1. The molecule has 1 saturated carbocycles. The first kappa shape index (κ1) is 15.8. The van der Waals surface area contributed by atoms with Gasteiger partial charge in [-0.3, -0.25) is 9.69 Å². The highest BCUT2D eigenvalue weighted by Crippen LogP contribution is 2.27. The van der Waals surface area contributed by atoms with E-state index in [1.165, 1.54) is 12.8 Å². The molecule has 1 rings (SSSR count). The largest absolute Gasteiger partial charge is 0.409 e. The Kier molecular flexibility index (Phi) is 5.17. The third-order valence-electron chi connectivity index (χ3n) is 4.26. The van der Waals surface area contributed by atoms with E-state index in [9.17, 15) is 4.79 Å². The Labute approximate surface area is 115 Å². The molecule has 0 spiro atoms. The van der Waals surface area contributed by atoms with Gasteiger partial charge in [0.15, 0.2) is 5.84 Å². The Morgan fingerprint density at radius 3 is 2.63 bits per heavy atom. The maximum Gasteiger partial charge on any atom is 0.233 e. The van der Waals surface area contributed by atoms with E-state index in [2.05, 4.69) is 29.3 Å². The number of nitrogens with two attached hydrogens (primary N) is 1. The van der Waals surface area contributed by atoms with Crippen LogP contribution in [0.3, 0.4) is 0 Å². The number of nitrogens with zero attached hydrogens (tertiary/aromatic N) is 2. The Balaban J connectivity index is 2.53. The van der Waals surface area contributed by atoms with Crippen LogP contribution in [0, 0.1) is 5.41 Å². The molecule has 0 saturated heterocycles. The van der Waals surface area contributed by atoms with Crippen LogP contribution in [-0.2, 0) is 4.79 Å². The molecule has 6 nitrogen and oxygen atoms in total. The lowest BCUT2D eigenvalue weighted by Crippen LogP contribution is -2.50. The normalized spacial score (nSPS) is 21.0. The fourth-order valence-electron chi connectivity index (χ4n) is 1.99. The Bertz CT molecular complexity index is 355. The summed E-state index contributed by atoms with van der Waals surface area (Å²) in [5.74, 6) is -0.239. The highest BCUT2D eigenvalue weighted by molar-refractivity contribution is 6.06. The molecule has 6 heteroatoms. The monoisotopic (exact) mass is 270 g/mol. The lowest BCUT2D eigenvalue weighted by Gasteiger charge is -2.29. The Hall–Kier alpha value is -1.30. The van der Waals surface area contributed by atoms with E-state index in [0.29, 0.717) is 19.0 Å². The van der Waals surface area contributed by atoms with Crippen LogP contribution in [0.5, 0.6) is 0 Å². The van der Waals surface area contributed by atoms with Gasteiger partial charge in [-0.05, 0) is 40.2 Å². The molecule has 0 aromatic heterocycles. The molecule has 1 aliphatic rings. The molecular formula is C13H26N4O2. The second-order valence-corrected chi connectivity index (χ2v) is 5.63. The Morgan fingerprint density at radius 2 is 2.21 bits per heavy atom. The van der Waals surface area contributed by atoms with Crippen LogP contribution in [0.15, 0.2) is 5.16 Å². The molecule has 110 valence electrons. The summed E-state index contributed by atoms with van der Waals surface area (Å²) in [5, 5.41) is 14.6. The second-order valence-electron chi connectivity index (χ2n) is 5.63. The molecule has 2 atom stereocenters. The van der Waals surface area contributed by atoms with E-state index in [1.54, 1.807) is 6.92 Å². The fraction of sp³-hybridized carbons (Fsp3) is 0.846. The summed E-state index contributed by atoms with van der Waals surface area (Å²) in [6.45, 7) is 6.19. The average Bonchev–Trinajstić information content (AvgIpc) is 3.25. The van der Waals surface area contributed by atoms with E-state index in [-0.39, 0.29) is 17.8 Å². The SMILES string of the molecule is CCC(C)(C(=O)NCC(C)N(C)C1CC1)C(N)=NO. The first-order valence-electron chi connectivity index (χ1n) is 6.85. The lowest BCUT2D eigenvalue weighted by atomic mass is 9.85. The van der Waals surface area contributed by atoms with E-state index in [0.717, 1.165) is 0 Å². The maximum atomic E-state index is 12.2. The van der Waals surface area contributed by atoms with Gasteiger partial charge in [0.05, 0.1) is 0 Å². The number of likely N-dealkylation sites (N-methyl/N-ethyl adjacent to an activating group) is 1. The van der Waals surface area contributed by atoms with Crippen molar-refractivity contribution in [2.75, 3.05) is 13.6 Å². The topological polar surface area (TPSA) is 91.0 Å². The van der Waals surface area contributed by atoms with Gasteiger partial charge in [0.2, 0.25) is 5.91 Å². The van der Waals surface area contributed by atoms with E-state index in [4.69, 9.17) is 10.9 Å². The van der Waals surface area contributed by atoms with E-state index < -0.39 is 5.41 Å². The van der Waals surface area contributed by atoms with Gasteiger partial charge in [0.1, 0.15) is 5.41 Å². The predicted molar refractivity (Wildman–Crippen MR) is 75.1 cm³/mol. The summed E-state index contributed by atoms with van der Waals surface area (Å²) < 4.78 is 0. The van der Waals surface area contributed by atoms with Gasteiger partial charge in [-0.25, -0.2) is 0 Å². The van der Waals surface area contributed by atoms with Crippen molar-refractivity contribution >= 4 is 11.7 Å². The molecule has 0 aliphatic heterocycles. The summed E-state index contributed by atoms with van der Waals surface area (Å²) in [7, 11) is 2.08. The number of amidine groups is 1. The molecule has 19 heavy (non-hydrogen) atoms. The number of oxime groups is 1. The molecule has 0 aromatic rings. The van der Waals surface area contributed by atoms with Gasteiger partial charge in [-0.15, -0.1) is 0 Å². The number of hydrogen-bond donors (Lipinski definition) is 3. The molecule has 2 unspecified atom stereocenters. The molecule has 0 aromatic carbocycles. The first-order valence-corrected chi connectivity index (χ1v) is 6.85. The fourth-order valence-corrected chi connectivity index (χ4v) is 1.99. The molecular weight excluding hydrogens is 244 g/mol. The van der Waals surface area contributed by atoms with Gasteiger partial charge >= 0.3 is 0 Å². The maximum absolute atomic E-state index is 12.2. The lowest BCUT2D eigenvalue weighted by molar-refractivity contribution is -0.127. The third-order valence-corrected chi connectivity index (χ3v) is 4.26. The van der Waals surface area contributed by atoms with Crippen LogP contribution in [0.2, 0.25) is 0 Å². The average molecular weight is 270 g/mol. The van der Waals surface area contributed by atoms with Gasteiger partial charge in [0, 0.05) is 18.6 Å². The van der Waals surface area contributed by atoms with Gasteiger partial charge < -0.3 is 16.3 Å². The highest BCUT2D eigenvalue weighted by Gasteiger charge is 2.37. The van der Waals surface area contributed by atoms with E-state index in [1.807, 2.05) is 6.92 Å². The van der Waals surface area contributed by atoms with Crippen molar-refractivity contribution in [3.8, 4) is 0 Å². The molecule has 1 amide bonds. The number of amides is 1. The number of rotatable bonds is 7. The molecule has 1 fully saturated rings. The van der Waals surface area contributed by atoms with Crippen molar-refractivity contribution in [2.45, 2.75) is 52.1 Å². The molecule has 0 radical (unpaired) electrons. The van der Waals surface area contributed by atoms with Crippen LogP contribution in [0.1, 0.15) is 40.0 Å². The van der Waals surface area contributed by atoms with Crippen LogP contribution >= 0.6 is 0 Å². The van der Waals surface area contributed by atoms with Gasteiger partial charge in [-0.2, -0.15) is 0 Å². The zero-order valence-corrected chi connectivity index (χ0v) is 12.3. The van der Waals surface area contributed by atoms with Crippen molar-refractivity contribution in [3.63, 3.8) is 0 Å². The second kappa shape index (κ2) is 6.23. The standard InChI is InChI=1S/C13H26N4O2/c1-5-13(3,11(14)16-19)12(18)15-8-9(2)17(4)10-6-7-10/h9-10,19H,5-8H2,1-4H3,(H2,14,16)(H,15,18). The predicted octanol–water partition coefficient (Wildman–Crippen LogP) is 0.748. The summed E-state index contributed by atoms with van der Waals surface area (Å²) >= 11 is 0. The zero-order chi connectivity index (χ0) is 14.6. The van der Waals surface area contributed by atoms with E-state index >= 15 is 0 Å². The number of carbonyl (C=O) groups is 1. The number of carbonyl (C=O) groups excluding carboxylic acids is 1. The van der Waals surface area contributed by atoms with Crippen molar-refractivity contribution in [1.82, 2.24) is 10.2 Å². The minimum Gasteiger partial charge on any atom is -0.409 e. The van der Waals surface area contributed by atoms with Crippen molar-refractivity contribution in [1.29, 1.82) is 0 Å². The van der Waals surface area contributed by atoms with Crippen molar-refractivity contribution < 1.29 is 10.0 Å². The summed E-state index contributed by atoms with van der Waals surface area (Å²) in [6.07, 6.45) is 2.97. The summed E-state index contributed by atoms with van der Waals surface area (Å²) in [6, 6.07) is 0.943. The minimum absolute atomic E-state index is 0.0456. The first-order chi connectivity index (χ1) is 8.86. The van der Waals surface area contributed by atoms with Crippen LogP contribution in [0.25, 0.3) is 0 Å². The summed E-state index contributed by atoms with van der Waals surface area (Å²) in [4.78, 5) is 14.5. The minimum atomic E-state index is -0.952. The van der Waals surface area contributed by atoms with Crippen molar-refractivity contribution in [2.24, 2.45) is 16.3 Å². The zero-order valence-electron chi connectivity index (χ0n) is 12.3. The molecule has 0 bridgehead atoms. The van der Waals surface area contributed by atoms with Gasteiger partial charge in [0.25, 0.3) is 0 Å². The van der Waals surface area contributed by atoms with Crippen LogP contribution in [0.4, 0.5) is 0 Å². The molecule has 0 heterocycles. The quantitative estimate of drug-likeness (QED) is 0.275. The highest BCUT2D eigenvalue weighted by atomic mass is 16.4. The van der Waals surface area contributed by atoms with Crippen LogP contribution in [-0.4, -0.2) is 47.5 Å². The van der Waals surface area contributed by atoms with Crippen molar-refractivity contribution in [3.05, 3.63) is 0 Å². The van der Waals surface area contributed by atoms with Crippen LogP contribution < -0.4 is 11.1 Å². The van der Waals surface area contributed by atoms with Gasteiger partial charge in [-0.1, -0.05) is 12.1 Å². The third kappa shape index (κ3) is 3.59. The molecule has 1 aliphatic carbocycles. The number of hydrogen-bond acceptors (Lipinski definition) is 4. The summed E-state index contributed by atoms with van der Waals surface area (Å²) in [5.41, 5.74) is 4.66. The Morgan fingerprint density at radius 1 is 1.63 bits per heavy atom. The molecule has 4 N–H and O–H groups in total. The smallest absolute Gasteiger partial charge is 0.233 e.